The molecular formula is C15H19ClN2OS. The van der Waals surface area contributed by atoms with Gasteiger partial charge in [-0.25, -0.2) is 0 Å². The zero-order valence-electron chi connectivity index (χ0n) is 11.7. The molecule has 1 heterocycles. The van der Waals surface area contributed by atoms with Crippen molar-refractivity contribution in [3.63, 3.8) is 0 Å². The summed E-state index contributed by atoms with van der Waals surface area (Å²) < 4.78 is 5.72. The molecule has 2 aromatic rings. The topological polar surface area (TPSA) is 34.1 Å². The van der Waals surface area contributed by atoms with Crippen LogP contribution in [0.1, 0.15) is 36.8 Å². The number of halogens is 1. The first-order valence-corrected chi connectivity index (χ1v) is 7.99. The molecule has 2 rings (SSSR count). The number of nitrogens with zero attached hydrogens (tertiary/aromatic N) is 1. The van der Waals surface area contributed by atoms with E-state index in [-0.39, 0.29) is 0 Å². The van der Waals surface area contributed by atoms with E-state index in [0.717, 1.165) is 17.8 Å². The number of hydrogen-bond donors (Lipinski definition) is 1. The second-order valence-electron chi connectivity index (χ2n) is 4.62. The van der Waals surface area contributed by atoms with Gasteiger partial charge in [-0.15, -0.1) is 11.3 Å². The Kier molecular flexibility index (Phi) is 5.83. The Bertz CT molecular complexity index is 531. The number of thiazole rings is 1. The average molecular weight is 311 g/mol. The van der Waals surface area contributed by atoms with Crippen molar-refractivity contribution in [2.45, 2.75) is 32.9 Å². The van der Waals surface area contributed by atoms with E-state index in [2.05, 4.69) is 30.2 Å². The smallest absolute Gasteiger partial charge is 0.138 e. The highest BCUT2D eigenvalue weighted by Gasteiger charge is 2.08. The van der Waals surface area contributed by atoms with Crippen molar-refractivity contribution in [1.29, 1.82) is 0 Å². The standard InChI is InChI=1S/C15H19ClN2OS/c1-3-6-18-11(2)12-4-5-15(14(16)7-12)19-9-13-8-17-10-20-13/h4-5,7-8,10-11,18H,3,6,9H2,1-2H3. The highest BCUT2D eigenvalue weighted by Crippen LogP contribution is 2.28. The summed E-state index contributed by atoms with van der Waals surface area (Å²) in [6.07, 6.45) is 2.93. The molecule has 0 aliphatic carbocycles. The summed E-state index contributed by atoms with van der Waals surface area (Å²) in [5, 5.41) is 4.09. The fourth-order valence-corrected chi connectivity index (χ4v) is 2.59. The van der Waals surface area contributed by atoms with Crippen LogP contribution in [0.3, 0.4) is 0 Å². The van der Waals surface area contributed by atoms with Gasteiger partial charge in [0.15, 0.2) is 0 Å². The van der Waals surface area contributed by atoms with Gasteiger partial charge < -0.3 is 10.1 Å². The highest BCUT2D eigenvalue weighted by molar-refractivity contribution is 7.09. The van der Waals surface area contributed by atoms with Crippen LogP contribution in [-0.4, -0.2) is 11.5 Å². The molecule has 1 atom stereocenters. The van der Waals surface area contributed by atoms with E-state index >= 15 is 0 Å². The molecule has 5 heteroatoms. The van der Waals surface area contributed by atoms with Crippen LogP contribution in [-0.2, 0) is 6.61 Å². The third kappa shape index (κ3) is 4.20. The quantitative estimate of drug-likeness (QED) is 0.821. The minimum atomic E-state index is 0.294. The van der Waals surface area contributed by atoms with Crippen LogP contribution in [0.5, 0.6) is 5.75 Å². The van der Waals surface area contributed by atoms with Crippen LogP contribution in [0.25, 0.3) is 0 Å². The van der Waals surface area contributed by atoms with Crippen LogP contribution in [0.2, 0.25) is 5.02 Å². The van der Waals surface area contributed by atoms with Crippen molar-refractivity contribution >= 4 is 22.9 Å². The van der Waals surface area contributed by atoms with Gasteiger partial charge in [0.2, 0.25) is 0 Å². The van der Waals surface area contributed by atoms with E-state index in [0.29, 0.717) is 23.4 Å². The summed E-state index contributed by atoms with van der Waals surface area (Å²) in [4.78, 5) is 5.11. The van der Waals surface area contributed by atoms with E-state index in [1.807, 2.05) is 18.3 Å². The van der Waals surface area contributed by atoms with Gasteiger partial charge in [-0.3, -0.25) is 4.98 Å². The molecule has 20 heavy (non-hydrogen) atoms. The lowest BCUT2D eigenvalue weighted by atomic mass is 10.1. The molecular weight excluding hydrogens is 292 g/mol. The van der Waals surface area contributed by atoms with Gasteiger partial charge in [-0.1, -0.05) is 24.6 Å². The average Bonchev–Trinajstić information content (AvgIpc) is 2.96. The molecule has 0 aliphatic rings. The van der Waals surface area contributed by atoms with E-state index in [1.54, 1.807) is 16.8 Å². The lowest BCUT2D eigenvalue weighted by molar-refractivity contribution is 0.309. The largest absolute Gasteiger partial charge is 0.486 e. The number of benzene rings is 1. The van der Waals surface area contributed by atoms with Crippen molar-refractivity contribution in [3.8, 4) is 5.75 Å². The Labute approximate surface area is 129 Å². The van der Waals surface area contributed by atoms with Crippen molar-refractivity contribution in [2.24, 2.45) is 0 Å². The predicted octanol–water partition coefficient (Wildman–Crippen LogP) is 4.44. The van der Waals surface area contributed by atoms with Crippen LogP contribution in [0.4, 0.5) is 0 Å². The number of rotatable bonds is 7. The Morgan fingerprint density at radius 3 is 2.95 bits per heavy atom. The summed E-state index contributed by atoms with van der Waals surface area (Å²) >= 11 is 7.86. The highest BCUT2D eigenvalue weighted by atomic mass is 35.5. The third-order valence-corrected chi connectivity index (χ3v) is 4.06. The van der Waals surface area contributed by atoms with Crippen LogP contribution in [0, 0.1) is 0 Å². The van der Waals surface area contributed by atoms with Gasteiger partial charge in [0.1, 0.15) is 12.4 Å². The van der Waals surface area contributed by atoms with Crippen LogP contribution < -0.4 is 10.1 Å². The Morgan fingerprint density at radius 2 is 2.30 bits per heavy atom. The van der Waals surface area contributed by atoms with Crippen LogP contribution in [0.15, 0.2) is 29.9 Å². The molecule has 0 spiro atoms. The molecule has 3 nitrogen and oxygen atoms in total. The Morgan fingerprint density at radius 1 is 1.45 bits per heavy atom. The summed E-state index contributed by atoms with van der Waals surface area (Å²) in [5.41, 5.74) is 2.97. The maximum atomic E-state index is 6.28. The Hall–Kier alpha value is -1.10. The summed E-state index contributed by atoms with van der Waals surface area (Å²) in [6, 6.07) is 6.25. The van der Waals surface area contributed by atoms with Crippen molar-refractivity contribution < 1.29 is 4.74 Å². The lowest BCUT2D eigenvalue weighted by Gasteiger charge is -2.15. The van der Waals surface area contributed by atoms with Crippen molar-refractivity contribution in [3.05, 3.63) is 45.4 Å². The number of hydrogen-bond acceptors (Lipinski definition) is 4. The van der Waals surface area contributed by atoms with Crippen LogP contribution >= 0.6 is 22.9 Å². The second kappa shape index (κ2) is 7.62. The molecule has 1 N–H and O–H groups in total. The molecule has 0 bridgehead atoms. The molecule has 0 fully saturated rings. The zero-order valence-corrected chi connectivity index (χ0v) is 13.3. The molecule has 108 valence electrons. The first kappa shape index (κ1) is 15.3. The molecule has 0 amide bonds. The van der Waals surface area contributed by atoms with Gasteiger partial charge >= 0.3 is 0 Å². The summed E-state index contributed by atoms with van der Waals surface area (Å²) in [7, 11) is 0. The molecule has 0 aliphatic heterocycles. The normalized spacial score (nSPS) is 12.3. The van der Waals surface area contributed by atoms with Crippen molar-refractivity contribution in [1.82, 2.24) is 10.3 Å². The second-order valence-corrected chi connectivity index (χ2v) is 6.00. The maximum Gasteiger partial charge on any atom is 0.138 e. The van der Waals surface area contributed by atoms with Gasteiger partial charge in [0, 0.05) is 12.2 Å². The fraction of sp³-hybridized carbons (Fsp3) is 0.400. The molecule has 1 unspecified atom stereocenters. The van der Waals surface area contributed by atoms with E-state index in [9.17, 15) is 0 Å². The molecule has 0 radical (unpaired) electrons. The summed E-state index contributed by atoms with van der Waals surface area (Å²) in [6.45, 7) is 5.80. The number of aromatic nitrogens is 1. The van der Waals surface area contributed by atoms with Crippen molar-refractivity contribution in [2.75, 3.05) is 6.54 Å². The lowest BCUT2D eigenvalue weighted by Crippen LogP contribution is -2.19. The molecule has 0 saturated carbocycles. The first-order valence-electron chi connectivity index (χ1n) is 6.73. The number of nitrogens with one attached hydrogen (secondary N) is 1. The van der Waals surface area contributed by atoms with Gasteiger partial charge in [0.05, 0.1) is 15.4 Å². The van der Waals surface area contributed by atoms with E-state index in [1.165, 1.54) is 5.56 Å². The third-order valence-electron chi connectivity index (χ3n) is 3.01. The number of ether oxygens (including phenoxy) is 1. The molecule has 0 saturated heterocycles. The van der Waals surface area contributed by atoms with Gasteiger partial charge in [-0.2, -0.15) is 0 Å². The maximum absolute atomic E-state index is 6.28. The fourth-order valence-electron chi connectivity index (χ4n) is 1.84. The first-order chi connectivity index (χ1) is 9.70. The van der Waals surface area contributed by atoms with Gasteiger partial charge in [0.25, 0.3) is 0 Å². The SMILES string of the molecule is CCCNC(C)c1ccc(OCc2cncs2)c(Cl)c1. The summed E-state index contributed by atoms with van der Waals surface area (Å²) in [5.74, 6) is 0.714. The molecule has 1 aromatic carbocycles. The van der Waals surface area contributed by atoms with E-state index < -0.39 is 0 Å². The minimum Gasteiger partial charge on any atom is -0.486 e. The predicted molar refractivity (Wildman–Crippen MR) is 84.6 cm³/mol. The molecule has 1 aromatic heterocycles. The Balaban J connectivity index is 1.98. The van der Waals surface area contributed by atoms with E-state index in [4.69, 9.17) is 16.3 Å². The monoisotopic (exact) mass is 310 g/mol. The zero-order chi connectivity index (χ0) is 14.4. The van der Waals surface area contributed by atoms with Gasteiger partial charge in [-0.05, 0) is 37.6 Å². The minimum absolute atomic E-state index is 0.294.